The lowest BCUT2D eigenvalue weighted by Gasteiger charge is -2.18. The molecule has 0 bridgehead atoms. The summed E-state index contributed by atoms with van der Waals surface area (Å²) in [7, 11) is 0. The van der Waals surface area contributed by atoms with Crippen molar-refractivity contribution in [3.8, 4) is 5.69 Å². The minimum Gasteiger partial charge on any atom is -0.355 e. The summed E-state index contributed by atoms with van der Waals surface area (Å²) >= 11 is 7.55. The number of amides is 1. The van der Waals surface area contributed by atoms with E-state index in [0.717, 1.165) is 43.1 Å². The van der Waals surface area contributed by atoms with Gasteiger partial charge in [0.25, 0.3) is 0 Å². The summed E-state index contributed by atoms with van der Waals surface area (Å²) in [6, 6.07) is 13.8. The Morgan fingerprint density at radius 2 is 1.90 bits per heavy atom. The first-order valence-corrected chi connectivity index (χ1v) is 11.6. The van der Waals surface area contributed by atoms with Crippen LogP contribution in [0.2, 0.25) is 5.02 Å². The van der Waals surface area contributed by atoms with Crippen LogP contribution >= 0.6 is 23.4 Å². The maximum absolute atomic E-state index is 13.0. The summed E-state index contributed by atoms with van der Waals surface area (Å²) in [5.74, 6) is 0.651. The number of carbonyl (C=O) groups is 1. The van der Waals surface area contributed by atoms with Gasteiger partial charge in [-0.2, -0.15) is 0 Å². The second-order valence-corrected chi connectivity index (χ2v) is 8.69. The molecule has 4 rings (SSSR count). The predicted octanol–water partition coefficient (Wildman–Crippen LogP) is 4.11. The van der Waals surface area contributed by atoms with Crippen LogP contribution in [0.3, 0.4) is 0 Å². The highest BCUT2D eigenvalue weighted by Gasteiger charge is 2.23. The number of carbonyl (C=O) groups excluding carboxylic acids is 1. The molecule has 2 aromatic carbocycles. The Balaban J connectivity index is 1.40. The maximum Gasteiger partial charge on any atom is 0.232 e. The van der Waals surface area contributed by atoms with E-state index in [1.807, 2.05) is 28.8 Å². The Morgan fingerprint density at radius 3 is 2.65 bits per heavy atom. The van der Waals surface area contributed by atoms with Crippen LogP contribution in [0.1, 0.15) is 18.4 Å². The van der Waals surface area contributed by atoms with E-state index in [-0.39, 0.29) is 17.5 Å². The van der Waals surface area contributed by atoms with Crippen LogP contribution in [0.4, 0.5) is 10.3 Å². The Bertz CT molecular complexity index is 1040. The molecule has 6 nitrogen and oxygen atoms in total. The fourth-order valence-electron chi connectivity index (χ4n) is 3.50. The standard InChI is InChI=1S/C22H23ClFN5OS/c23-17-4-3-5-19(14-17)29-21(28-12-1-2-13-28)26-27-22(29)31-15-20(30)25-11-10-16-6-8-18(24)9-7-16/h3-9,14H,1-2,10-13,15H2,(H,25,30). The maximum atomic E-state index is 13.0. The molecule has 1 amide bonds. The summed E-state index contributed by atoms with van der Waals surface area (Å²) in [6.07, 6.45) is 2.90. The van der Waals surface area contributed by atoms with Gasteiger partial charge in [0, 0.05) is 24.7 Å². The molecule has 0 spiro atoms. The van der Waals surface area contributed by atoms with Gasteiger partial charge in [-0.15, -0.1) is 10.2 Å². The van der Waals surface area contributed by atoms with Gasteiger partial charge in [0.2, 0.25) is 11.9 Å². The van der Waals surface area contributed by atoms with Crippen LogP contribution in [0, 0.1) is 5.82 Å². The molecule has 1 aliphatic heterocycles. The number of rotatable bonds is 8. The largest absolute Gasteiger partial charge is 0.355 e. The molecule has 1 N–H and O–H groups in total. The zero-order valence-corrected chi connectivity index (χ0v) is 18.5. The van der Waals surface area contributed by atoms with Crippen molar-refractivity contribution < 1.29 is 9.18 Å². The van der Waals surface area contributed by atoms with E-state index in [0.29, 0.717) is 23.1 Å². The fraction of sp³-hybridized carbons (Fsp3) is 0.318. The molecule has 3 aromatic rings. The average Bonchev–Trinajstić information content (AvgIpc) is 3.43. The lowest BCUT2D eigenvalue weighted by atomic mass is 10.1. The number of aromatic nitrogens is 3. The predicted molar refractivity (Wildman–Crippen MR) is 122 cm³/mol. The first-order valence-electron chi connectivity index (χ1n) is 10.2. The third-order valence-corrected chi connectivity index (χ3v) is 6.22. The number of nitrogens with one attached hydrogen (secondary N) is 1. The second-order valence-electron chi connectivity index (χ2n) is 7.31. The van der Waals surface area contributed by atoms with Gasteiger partial charge in [-0.3, -0.25) is 9.36 Å². The fourth-order valence-corrected chi connectivity index (χ4v) is 4.46. The molecule has 1 aliphatic rings. The van der Waals surface area contributed by atoms with Gasteiger partial charge in [-0.05, 0) is 55.2 Å². The Hall–Kier alpha value is -2.58. The third-order valence-electron chi connectivity index (χ3n) is 5.05. The van der Waals surface area contributed by atoms with Crippen LogP contribution in [0.5, 0.6) is 0 Å². The molecule has 1 fully saturated rings. The van der Waals surface area contributed by atoms with Gasteiger partial charge in [-0.25, -0.2) is 4.39 Å². The van der Waals surface area contributed by atoms with Crippen LogP contribution in [-0.2, 0) is 11.2 Å². The van der Waals surface area contributed by atoms with E-state index in [4.69, 9.17) is 11.6 Å². The number of hydrogen-bond acceptors (Lipinski definition) is 5. The summed E-state index contributed by atoms with van der Waals surface area (Å²) < 4.78 is 14.9. The Kier molecular flexibility index (Phi) is 7.09. The van der Waals surface area contributed by atoms with Crippen molar-refractivity contribution in [1.29, 1.82) is 0 Å². The first-order chi connectivity index (χ1) is 15.1. The highest BCUT2D eigenvalue weighted by molar-refractivity contribution is 7.99. The molecule has 0 radical (unpaired) electrons. The number of halogens is 2. The summed E-state index contributed by atoms with van der Waals surface area (Å²) in [4.78, 5) is 14.6. The van der Waals surface area contributed by atoms with E-state index in [1.54, 1.807) is 12.1 Å². The molecule has 31 heavy (non-hydrogen) atoms. The number of hydrogen-bond donors (Lipinski definition) is 1. The zero-order valence-electron chi connectivity index (χ0n) is 16.9. The van der Waals surface area contributed by atoms with Crippen molar-refractivity contribution in [2.24, 2.45) is 0 Å². The molecule has 162 valence electrons. The van der Waals surface area contributed by atoms with E-state index < -0.39 is 0 Å². The topological polar surface area (TPSA) is 63.1 Å². The number of anilines is 1. The molecule has 1 aromatic heterocycles. The van der Waals surface area contributed by atoms with Crippen molar-refractivity contribution in [3.63, 3.8) is 0 Å². The van der Waals surface area contributed by atoms with Crippen molar-refractivity contribution >= 4 is 35.2 Å². The van der Waals surface area contributed by atoms with Gasteiger partial charge in [0.1, 0.15) is 5.82 Å². The molecular weight excluding hydrogens is 437 g/mol. The van der Waals surface area contributed by atoms with E-state index in [2.05, 4.69) is 20.4 Å². The minimum absolute atomic E-state index is 0.0875. The highest BCUT2D eigenvalue weighted by atomic mass is 35.5. The zero-order chi connectivity index (χ0) is 21.6. The SMILES string of the molecule is O=C(CSc1nnc(N2CCCC2)n1-c1cccc(Cl)c1)NCCc1ccc(F)cc1. The summed E-state index contributed by atoms with van der Waals surface area (Å²) in [5, 5.41) is 12.9. The number of thioether (sulfide) groups is 1. The highest BCUT2D eigenvalue weighted by Crippen LogP contribution is 2.29. The van der Waals surface area contributed by atoms with E-state index in [1.165, 1.54) is 23.9 Å². The van der Waals surface area contributed by atoms with Crippen molar-refractivity contribution in [2.45, 2.75) is 24.4 Å². The summed E-state index contributed by atoms with van der Waals surface area (Å²) in [5.41, 5.74) is 1.85. The van der Waals surface area contributed by atoms with Crippen molar-refractivity contribution in [2.75, 3.05) is 30.3 Å². The number of nitrogens with zero attached hydrogens (tertiary/aromatic N) is 4. The third kappa shape index (κ3) is 5.57. The van der Waals surface area contributed by atoms with Crippen LogP contribution in [-0.4, -0.2) is 46.1 Å². The smallest absolute Gasteiger partial charge is 0.232 e. The van der Waals surface area contributed by atoms with Crippen molar-refractivity contribution in [1.82, 2.24) is 20.1 Å². The lowest BCUT2D eigenvalue weighted by molar-refractivity contribution is -0.118. The average molecular weight is 460 g/mol. The molecule has 0 unspecified atom stereocenters. The van der Waals surface area contributed by atoms with Crippen LogP contribution in [0.25, 0.3) is 5.69 Å². The van der Waals surface area contributed by atoms with Crippen molar-refractivity contribution in [3.05, 3.63) is 64.9 Å². The van der Waals surface area contributed by atoms with Gasteiger partial charge in [-0.1, -0.05) is 41.6 Å². The molecule has 0 atom stereocenters. The summed E-state index contributed by atoms with van der Waals surface area (Å²) in [6.45, 7) is 2.37. The normalized spacial score (nSPS) is 13.5. The Morgan fingerprint density at radius 1 is 1.13 bits per heavy atom. The molecule has 9 heteroatoms. The minimum atomic E-state index is -0.263. The Labute approximate surface area is 189 Å². The van der Waals surface area contributed by atoms with E-state index >= 15 is 0 Å². The molecule has 0 saturated carbocycles. The van der Waals surface area contributed by atoms with Crippen LogP contribution < -0.4 is 10.2 Å². The molecule has 0 aliphatic carbocycles. The van der Waals surface area contributed by atoms with E-state index in [9.17, 15) is 9.18 Å². The lowest BCUT2D eigenvalue weighted by Crippen LogP contribution is -2.27. The monoisotopic (exact) mass is 459 g/mol. The second kappa shape index (κ2) is 10.2. The van der Waals surface area contributed by atoms with Gasteiger partial charge in [0.15, 0.2) is 5.16 Å². The van der Waals surface area contributed by atoms with Gasteiger partial charge < -0.3 is 10.2 Å². The first kappa shape index (κ1) is 21.6. The number of benzene rings is 2. The molecule has 2 heterocycles. The molecular formula is C22H23ClFN5OS. The van der Waals surface area contributed by atoms with Gasteiger partial charge in [0.05, 0.1) is 11.4 Å². The molecule has 1 saturated heterocycles. The quantitative estimate of drug-likeness (QED) is 0.513. The van der Waals surface area contributed by atoms with Gasteiger partial charge >= 0.3 is 0 Å². The van der Waals surface area contributed by atoms with Crippen LogP contribution in [0.15, 0.2) is 53.7 Å².